The molecule has 0 amide bonds. The van der Waals surface area contributed by atoms with Crippen molar-refractivity contribution in [1.29, 1.82) is 0 Å². The van der Waals surface area contributed by atoms with Crippen LogP contribution in [0, 0.1) is 0 Å². The molecule has 246 valence electrons. The van der Waals surface area contributed by atoms with Crippen molar-refractivity contribution < 1.29 is 8.83 Å². The molecule has 0 N–H and O–H groups in total. The molecule has 0 radical (unpaired) electrons. The quantitative estimate of drug-likeness (QED) is 0.0989. The summed E-state index contributed by atoms with van der Waals surface area (Å²) in [5.41, 5.74) is 11.1. The molecule has 0 fully saturated rings. The van der Waals surface area contributed by atoms with E-state index in [9.17, 15) is 0 Å². The zero-order valence-corrected chi connectivity index (χ0v) is 29.0. The molecule has 0 saturated heterocycles. The van der Waals surface area contributed by atoms with Crippen molar-refractivity contribution in [2.45, 2.75) is 104 Å². The number of aryl methyl sites for hydroxylation is 2. The van der Waals surface area contributed by atoms with Crippen LogP contribution in [-0.4, -0.2) is 0 Å². The monoisotopic (exact) mass is 634 g/mol. The molecule has 0 aliphatic carbocycles. The molecule has 0 aliphatic rings. The van der Waals surface area contributed by atoms with E-state index >= 15 is 0 Å². The fourth-order valence-corrected chi connectivity index (χ4v) is 7.37. The van der Waals surface area contributed by atoms with Crippen LogP contribution in [0.3, 0.4) is 0 Å². The minimum atomic E-state index is 0.825. The van der Waals surface area contributed by atoms with Gasteiger partial charge in [0.1, 0.15) is 11.2 Å². The maximum Gasteiger partial charge on any atom is 0.178 e. The van der Waals surface area contributed by atoms with Gasteiger partial charge in [0.2, 0.25) is 0 Å². The van der Waals surface area contributed by atoms with E-state index in [2.05, 4.69) is 111 Å². The molecule has 7 aromatic rings. The zero-order valence-electron chi connectivity index (χ0n) is 29.0. The third-order valence-corrected chi connectivity index (χ3v) is 10.3. The Kier molecular flexibility index (Phi) is 10.3. The summed E-state index contributed by atoms with van der Waals surface area (Å²) in [7, 11) is 0. The summed E-state index contributed by atoms with van der Waals surface area (Å²) in [6.07, 6.45) is 18.3. The Labute approximate surface area is 286 Å². The molecule has 5 aromatic carbocycles. The highest BCUT2D eigenvalue weighted by atomic mass is 16.4. The fourth-order valence-electron chi connectivity index (χ4n) is 7.37. The molecule has 2 heterocycles. The van der Waals surface area contributed by atoms with Crippen molar-refractivity contribution in [2.75, 3.05) is 0 Å². The van der Waals surface area contributed by atoms with Crippen LogP contribution in [0.25, 0.3) is 66.1 Å². The highest BCUT2D eigenvalue weighted by Crippen LogP contribution is 2.40. The molecule has 2 heteroatoms. The van der Waals surface area contributed by atoms with E-state index in [0.717, 1.165) is 56.7 Å². The largest absolute Gasteiger partial charge is 0.452 e. The summed E-state index contributed by atoms with van der Waals surface area (Å²) in [5, 5.41) is 4.44. The summed E-state index contributed by atoms with van der Waals surface area (Å²) in [4.78, 5) is 0. The van der Waals surface area contributed by atoms with Gasteiger partial charge in [0.25, 0.3) is 0 Å². The Balaban J connectivity index is 1.08. The van der Waals surface area contributed by atoms with Gasteiger partial charge < -0.3 is 8.83 Å². The van der Waals surface area contributed by atoms with Crippen molar-refractivity contribution in [3.63, 3.8) is 0 Å². The summed E-state index contributed by atoms with van der Waals surface area (Å²) in [6.45, 7) is 4.55. The molecule has 2 aromatic heterocycles. The van der Waals surface area contributed by atoms with Gasteiger partial charge in [-0.05, 0) is 95.5 Å². The van der Waals surface area contributed by atoms with Gasteiger partial charge in [-0.2, -0.15) is 0 Å². The lowest BCUT2D eigenvalue weighted by molar-refractivity contribution is 0.607. The van der Waals surface area contributed by atoms with Crippen molar-refractivity contribution in [3.8, 4) is 22.3 Å². The second kappa shape index (κ2) is 15.3. The molecule has 2 nitrogen and oxygen atoms in total. The van der Waals surface area contributed by atoms with Gasteiger partial charge in [-0.1, -0.05) is 139 Å². The number of fused-ring (bicyclic) bond motifs is 7. The van der Waals surface area contributed by atoms with Crippen LogP contribution >= 0.6 is 0 Å². The van der Waals surface area contributed by atoms with Gasteiger partial charge in [-0.15, -0.1) is 0 Å². The van der Waals surface area contributed by atoms with E-state index in [-0.39, 0.29) is 0 Å². The SMILES string of the molecule is CCCCCCCCc1ccc(-c2ccc3c(c2)oc2c3ccc3c4ccc(-c5ccc(CCCCCCCC)cc5)cc4oc32)cc1. The Morgan fingerprint density at radius 1 is 0.354 bits per heavy atom. The fraction of sp³-hybridized carbons (Fsp3) is 0.348. The number of benzene rings is 5. The first kappa shape index (κ1) is 32.3. The predicted molar refractivity (Wildman–Crippen MR) is 206 cm³/mol. The van der Waals surface area contributed by atoms with Crippen LogP contribution in [-0.2, 0) is 12.8 Å². The summed E-state index contributed by atoms with van der Waals surface area (Å²) < 4.78 is 13.1. The van der Waals surface area contributed by atoms with E-state index in [1.54, 1.807) is 0 Å². The summed E-state index contributed by atoms with van der Waals surface area (Å²) in [6, 6.07) is 35.8. The lowest BCUT2D eigenvalue weighted by atomic mass is 9.99. The van der Waals surface area contributed by atoms with Crippen molar-refractivity contribution in [2.24, 2.45) is 0 Å². The van der Waals surface area contributed by atoms with E-state index in [4.69, 9.17) is 8.83 Å². The van der Waals surface area contributed by atoms with Crippen LogP contribution in [0.5, 0.6) is 0 Å². The number of furan rings is 2. The maximum absolute atomic E-state index is 6.57. The minimum Gasteiger partial charge on any atom is -0.452 e. The molecule has 0 unspecified atom stereocenters. The smallest absolute Gasteiger partial charge is 0.178 e. The lowest BCUT2D eigenvalue weighted by Crippen LogP contribution is -1.87. The average molecular weight is 635 g/mol. The van der Waals surface area contributed by atoms with Crippen LogP contribution in [0.1, 0.15) is 102 Å². The number of hydrogen-bond acceptors (Lipinski definition) is 2. The Morgan fingerprint density at radius 3 is 1.12 bits per heavy atom. The molecule has 0 spiro atoms. The highest BCUT2D eigenvalue weighted by molar-refractivity contribution is 6.19. The molecule has 0 atom stereocenters. The third kappa shape index (κ3) is 7.09. The van der Waals surface area contributed by atoms with Crippen LogP contribution in [0.2, 0.25) is 0 Å². The first-order valence-electron chi connectivity index (χ1n) is 18.7. The molecule has 48 heavy (non-hydrogen) atoms. The van der Waals surface area contributed by atoms with Crippen LogP contribution in [0.15, 0.2) is 106 Å². The standard InChI is InChI=1S/C46H50O2/c1-3-5-7-9-11-13-15-33-17-21-35(22-18-33)37-25-27-39-41-29-30-42-40-28-26-38(32-44(40)48-46(42)45(41)47-43(39)31-37)36-23-19-34(20-24-36)16-14-12-10-8-6-4-2/h17-32H,3-16H2,1-2H3. The van der Waals surface area contributed by atoms with Gasteiger partial charge in [0.15, 0.2) is 11.2 Å². The molecular formula is C46H50O2. The zero-order chi connectivity index (χ0) is 32.7. The Bertz CT molecular complexity index is 1940. The Hall–Kier alpha value is -4.30. The molecule has 0 bridgehead atoms. The van der Waals surface area contributed by atoms with E-state index in [1.807, 2.05) is 0 Å². The van der Waals surface area contributed by atoms with Gasteiger partial charge in [-0.25, -0.2) is 0 Å². The lowest BCUT2D eigenvalue weighted by Gasteiger charge is -2.05. The van der Waals surface area contributed by atoms with Gasteiger partial charge in [0.05, 0.1) is 0 Å². The first-order valence-corrected chi connectivity index (χ1v) is 18.7. The normalized spacial score (nSPS) is 11.9. The molecule has 0 saturated carbocycles. The second-order valence-electron chi connectivity index (χ2n) is 13.9. The number of unbranched alkanes of at least 4 members (excludes halogenated alkanes) is 10. The molecular weight excluding hydrogens is 585 g/mol. The maximum atomic E-state index is 6.57. The van der Waals surface area contributed by atoms with Gasteiger partial charge >= 0.3 is 0 Å². The van der Waals surface area contributed by atoms with Crippen LogP contribution in [0.4, 0.5) is 0 Å². The summed E-state index contributed by atoms with van der Waals surface area (Å²) in [5.74, 6) is 0. The topological polar surface area (TPSA) is 26.3 Å². The Morgan fingerprint density at radius 2 is 0.708 bits per heavy atom. The first-order chi connectivity index (χ1) is 23.7. The molecule has 7 rings (SSSR count). The summed E-state index contributed by atoms with van der Waals surface area (Å²) >= 11 is 0. The van der Waals surface area contributed by atoms with E-state index < -0.39 is 0 Å². The number of rotatable bonds is 16. The second-order valence-corrected chi connectivity index (χ2v) is 13.9. The average Bonchev–Trinajstić information content (AvgIpc) is 3.69. The van der Waals surface area contributed by atoms with Gasteiger partial charge in [0, 0.05) is 21.5 Å². The predicted octanol–water partition coefficient (Wildman–Crippen LogP) is 14.6. The van der Waals surface area contributed by atoms with E-state index in [1.165, 1.54) is 110 Å². The van der Waals surface area contributed by atoms with Crippen molar-refractivity contribution >= 4 is 43.9 Å². The van der Waals surface area contributed by atoms with Crippen molar-refractivity contribution in [3.05, 3.63) is 108 Å². The van der Waals surface area contributed by atoms with Crippen molar-refractivity contribution in [1.82, 2.24) is 0 Å². The third-order valence-electron chi connectivity index (χ3n) is 10.3. The minimum absolute atomic E-state index is 0.825. The number of hydrogen-bond donors (Lipinski definition) is 0. The van der Waals surface area contributed by atoms with Gasteiger partial charge in [-0.3, -0.25) is 0 Å². The van der Waals surface area contributed by atoms with E-state index in [0.29, 0.717) is 0 Å². The molecule has 0 aliphatic heterocycles. The van der Waals surface area contributed by atoms with Crippen LogP contribution < -0.4 is 0 Å². The highest BCUT2D eigenvalue weighted by Gasteiger charge is 2.17.